The zero-order chi connectivity index (χ0) is 34.0. The van der Waals surface area contributed by atoms with E-state index in [0.717, 1.165) is 44.9 Å². The zero-order valence-corrected chi connectivity index (χ0v) is 29.3. The number of hydrogen-bond donors (Lipinski definition) is 7. The molecular weight excluding hydrogens is 586 g/mol. The molecule has 1 amide bonds. The average Bonchev–Trinajstić information content (AvgIpc) is 2.95. The van der Waals surface area contributed by atoms with Gasteiger partial charge in [-0.2, -0.15) is 0 Å². The Hall–Kier alpha value is -1.07. The molecule has 0 spiro atoms. The monoisotopic (exact) mass is 647 g/mol. The molecule has 4 saturated carbocycles. The van der Waals surface area contributed by atoms with E-state index in [9.17, 15) is 35.4 Å². The first kappa shape index (κ1) is 34.8. The Bertz CT molecular complexity index is 1260. The van der Waals surface area contributed by atoms with Crippen LogP contribution < -0.4 is 5.32 Å². The Morgan fingerprint density at radius 1 is 0.891 bits per heavy atom. The number of hydrogen-bond acceptors (Lipinski definition) is 8. The van der Waals surface area contributed by atoms with Crippen molar-refractivity contribution in [2.75, 3.05) is 6.61 Å². The van der Waals surface area contributed by atoms with Gasteiger partial charge in [-0.15, -0.1) is 0 Å². The second-order valence-electron chi connectivity index (χ2n) is 18.7. The summed E-state index contributed by atoms with van der Waals surface area (Å²) >= 11 is 0. The summed E-state index contributed by atoms with van der Waals surface area (Å²) in [6, 6.07) is 0. The van der Waals surface area contributed by atoms with Crippen LogP contribution in [0.2, 0.25) is 0 Å². The topological polar surface area (TPSA) is 160 Å². The second kappa shape index (κ2) is 10.7. The Morgan fingerprint density at radius 2 is 1.57 bits per heavy atom. The van der Waals surface area contributed by atoms with Gasteiger partial charge in [0.1, 0.15) is 23.9 Å². The molecule has 0 aromatic carbocycles. The molecule has 0 bridgehead atoms. The predicted molar refractivity (Wildman–Crippen MR) is 173 cm³/mol. The van der Waals surface area contributed by atoms with Gasteiger partial charge in [0.2, 0.25) is 5.91 Å². The summed E-state index contributed by atoms with van der Waals surface area (Å²) in [6.45, 7) is 16.9. The summed E-state index contributed by atoms with van der Waals surface area (Å²) in [6.07, 6.45) is 2.51. The molecule has 5 fully saturated rings. The number of amides is 1. The van der Waals surface area contributed by atoms with Gasteiger partial charge in [0, 0.05) is 0 Å². The summed E-state index contributed by atoms with van der Waals surface area (Å²) in [5.41, 5.74) is -2.35. The lowest BCUT2D eigenvalue weighted by Gasteiger charge is -2.71. The summed E-state index contributed by atoms with van der Waals surface area (Å²) in [5.74, 6) is 0.164. The molecule has 6 rings (SSSR count). The fourth-order valence-electron chi connectivity index (χ4n) is 12.5. The zero-order valence-electron chi connectivity index (χ0n) is 29.3. The van der Waals surface area contributed by atoms with E-state index in [2.05, 4.69) is 59.9 Å². The third-order valence-electron chi connectivity index (χ3n) is 15.7. The summed E-state index contributed by atoms with van der Waals surface area (Å²) in [4.78, 5) is 14.6. The van der Waals surface area contributed by atoms with Gasteiger partial charge in [0.25, 0.3) is 0 Å². The molecule has 1 heterocycles. The minimum Gasteiger partial charge on any atom is -0.394 e. The first-order valence-electron chi connectivity index (χ1n) is 17.9. The van der Waals surface area contributed by atoms with Crippen molar-refractivity contribution in [3.63, 3.8) is 0 Å². The number of aliphatic hydroxyl groups is 6. The number of aliphatic hydroxyl groups excluding tert-OH is 5. The van der Waals surface area contributed by atoms with Crippen LogP contribution in [0.3, 0.4) is 0 Å². The van der Waals surface area contributed by atoms with Crippen LogP contribution in [0, 0.1) is 50.2 Å². The molecule has 0 aromatic rings. The fourth-order valence-corrected chi connectivity index (χ4v) is 12.5. The van der Waals surface area contributed by atoms with Crippen LogP contribution in [-0.2, 0) is 9.53 Å². The van der Waals surface area contributed by atoms with Crippen molar-refractivity contribution in [2.24, 2.45) is 50.2 Å². The van der Waals surface area contributed by atoms with Crippen LogP contribution >= 0.6 is 0 Å². The Balaban J connectivity index is 1.38. The van der Waals surface area contributed by atoms with Gasteiger partial charge in [-0.1, -0.05) is 60.1 Å². The van der Waals surface area contributed by atoms with Gasteiger partial charge in [-0.3, -0.25) is 4.79 Å². The number of carbonyl (C=O) groups excluding carboxylic acids is 1. The van der Waals surface area contributed by atoms with Crippen molar-refractivity contribution in [3.05, 3.63) is 11.6 Å². The normalized spacial score (nSPS) is 54.3. The lowest BCUT2D eigenvalue weighted by molar-refractivity contribution is -0.275. The largest absolute Gasteiger partial charge is 0.394 e. The number of carbonyl (C=O) groups is 1. The quantitative estimate of drug-likeness (QED) is 0.230. The maximum absolute atomic E-state index is 14.6. The molecule has 5 aliphatic carbocycles. The van der Waals surface area contributed by atoms with Gasteiger partial charge >= 0.3 is 0 Å². The highest BCUT2D eigenvalue weighted by Crippen LogP contribution is 2.75. The van der Waals surface area contributed by atoms with Gasteiger partial charge in [0.15, 0.2) is 6.23 Å². The predicted octanol–water partition coefficient (Wildman–Crippen LogP) is 3.43. The first-order valence-corrected chi connectivity index (χ1v) is 17.9. The molecule has 1 saturated heterocycles. The van der Waals surface area contributed by atoms with Crippen molar-refractivity contribution in [1.82, 2.24) is 5.32 Å². The van der Waals surface area contributed by atoms with Gasteiger partial charge < -0.3 is 40.7 Å². The van der Waals surface area contributed by atoms with Crippen molar-refractivity contribution in [1.29, 1.82) is 0 Å². The van der Waals surface area contributed by atoms with E-state index < -0.39 is 54.2 Å². The maximum Gasteiger partial charge on any atom is 0.231 e. The highest BCUT2D eigenvalue weighted by Gasteiger charge is 2.71. The van der Waals surface area contributed by atoms with Gasteiger partial charge in [-0.25, -0.2) is 0 Å². The molecule has 7 N–H and O–H groups in total. The Kier molecular flexibility index (Phi) is 8.10. The van der Waals surface area contributed by atoms with E-state index in [-0.39, 0.29) is 39.1 Å². The SMILES string of the molecule is CC1(C)CC[C@@]2(C(=O)N[C@H]3OC(CO)C(C)(O)C(O)C3O)C(C1)C1=CCC3[C@@]4(C)CC[C@H](O)C(C)(C)C4CC[C@@]3(C)[C@]1(C)C[C@H]2O. The van der Waals surface area contributed by atoms with E-state index in [0.29, 0.717) is 24.7 Å². The number of nitrogens with one attached hydrogen (secondary N) is 1. The molecule has 9 nitrogen and oxygen atoms in total. The molecule has 46 heavy (non-hydrogen) atoms. The number of allylic oxidation sites excluding steroid dienone is 2. The van der Waals surface area contributed by atoms with Crippen LogP contribution in [-0.4, -0.2) is 85.5 Å². The van der Waals surface area contributed by atoms with E-state index in [1.54, 1.807) is 0 Å². The van der Waals surface area contributed by atoms with E-state index in [1.807, 2.05) is 0 Å². The minimum atomic E-state index is -1.91. The van der Waals surface area contributed by atoms with Crippen molar-refractivity contribution < 1.29 is 40.2 Å². The van der Waals surface area contributed by atoms with Crippen molar-refractivity contribution >= 4 is 5.91 Å². The third kappa shape index (κ3) is 4.47. The van der Waals surface area contributed by atoms with Crippen LogP contribution in [0.15, 0.2) is 11.6 Å². The molecule has 14 atom stereocenters. The third-order valence-corrected chi connectivity index (χ3v) is 15.7. The lowest BCUT2D eigenvalue weighted by atomic mass is 9.33. The van der Waals surface area contributed by atoms with Crippen LogP contribution in [0.25, 0.3) is 0 Å². The average molecular weight is 648 g/mol. The van der Waals surface area contributed by atoms with Gasteiger partial charge in [-0.05, 0) is 110 Å². The minimum absolute atomic E-state index is 0.0457. The van der Waals surface area contributed by atoms with E-state index in [1.165, 1.54) is 12.5 Å². The van der Waals surface area contributed by atoms with Gasteiger partial charge in [0.05, 0.1) is 24.2 Å². The van der Waals surface area contributed by atoms with Crippen molar-refractivity contribution in [2.45, 2.75) is 156 Å². The summed E-state index contributed by atoms with van der Waals surface area (Å²) in [7, 11) is 0. The molecular formula is C37H61NO8. The molecule has 6 aliphatic rings. The molecule has 7 unspecified atom stereocenters. The van der Waals surface area contributed by atoms with Crippen LogP contribution in [0.1, 0.15) is 113 Å². The highest BCUT2D eigenvalue weighted by atomic mass is 16.6. The second-order valence-corrected chi connectivity index (χ2v) is 18.7. The fraction of sp³-hybridized carbons (Fsp3) is 0.919. The lowest BCUT2D eigenvalue weighted by Crippen LogP contribution is -2.71. The van der Waals surface area contributed by atoms with Crippen LogP contribution in [0.5, 0.6) is 0 Å². The number of ether oxygens (including phenoxy) is 1. The maximum atomic E-state index is 14.6. The highest BCUT2D eigenvalue weighted by molar-refractivity contribution is 5.85. The summed E-state index contributed by atoms with van der Waals surface area (Å²) in [5, 5.41) is 68.5. The molecule has 262 valence electrons. The molecule has 0 radical (unpaired) electrons. The number of rotatable bonds is 3. The molecule has 9 heteroatoms. The first-order chi connectivity index (χ1) is 21.1. The number of fused-ring (bicyclic) bond motifs is 7. The standard InChI is InChI=1S/C37H61NO8/c1-31(2)15-16-37(30(44)38-29-27(42)28(43)36(8,45)26(19-39)46-29)21(17-31)20-9-10-23-33(5)13-12-24(40)32(3,4)22(33)11-14-34(23,6)35(20,7)18-25(37)41/h9,21-29,39-43,45H,10-19H2,1-8H3,(H,38,44)/t21?,22?,23?,24-,25+,26?,27?,28?,29-,33-,34+,35+,36?,37+/m0/s1. The molecule has 1 aliphatic heterocycles. The Morgan fingerprint density at radius 3 is 2.22 bits per heavy atom. The van der Waals surface area contributed by atoms with Crippen molar-refractivity contribution in [3.8, 4) is 0 Å². The van der Waals surface area contributed by atoms with E-state index in [4.69, 9.17) is 4.74 Å². The Labute approximate surface area is 275 Å². The molecule has 0 aromatic heterocycles. The smallest absolute Gasteiger partial charge is 0.231 e. The van der Waals surface area contributed by atoms with E-state index >= 15 is 0 Å². The summed E-state index contributed by atoms with van der Waals surface area (Å²) < 4.78 is 5.79. The van der Waals surface area contributed by atoms with Crippen LogP contribution in [0.4, 0.5) is 0 Å².